The Bertz CT molecular complexity index is 650. The highest BCUT2D eigenvalue weighted by molar-refractivity contribution is 7.71. The second-order valence-corrected chi connectivity index (χ2v) is 4.72. The largest absolute Gasteiger partial charge is 0.344 e. The second-order valence-electron chi connectivity index (χ2n) is 4.33. The van der Waals surface area contributed by atoms with Crippen LogP contribution in [-0.2, 0) is 18.4 Å². The van der Waals surface area contributed by atoms with Crippen LogP contribution in [0.15, 0.2) is 0 Å². The average molecular weight is 267 g/mol. The van der Waals surface area contributed by atoms with Gasteiger partial charge in [-0.05, 0) is 26.1 Å². The van der Waals surface area contributed by atoms with Gasteiger partial charge < -0.3 is 9.88 Å². The number of aromatic nitrogens is 4. The van der Waals surface area contributed by atoms with Gasteiger partial charge in [-0.3, -0.25) is 14.0 Å². The van der Waals surface area contributed by atoms with E-state index < -0.39 is 0 Å². The zero-order chi connectivity index (χ0) is 13.4. The summed E-state index contributed by atoms with van der Waals surface area (Å²) < 4.78 is 4.09. The molecule has 0 aliphatic heterocycles. The molecule has 0 atom stereocenters. The molecule has 0 radical (unpaired) electrons. The summed E-state index contributed by atoms with van der Waals surface area (Å²) in [5.74, 6) is 0.0355. The molecule has 0 aliphatic carbocycles. The Morgan fingerprint density at radius 3 is 2.83 bits per heavy atom. The van der Waals surface area contributed by atoms with Gasteiger partial charge in [0.25, 0.3) is 0 Å². The molecule has 0 aromatic carbocycles. The number of amides is 1. The number of hydrogen-bond donors (Lipinski definition) is 1. The SMILES string of the molecule is CCN(C)C(=O)Cn1c(=S)[nH]c2c(C)nn(C)c21. The topological polar surface area (TPSA) is 58.9 Å². The number of imidazole rings is 1. The maximum atomic E-state index is 12.0. The van der Waals surface area contributed by atoms with Crippen molar-refractivity contribution in [2.75, 3.05) is 13.6 Å². The highest BCUT2D eigenvalue weighted by Crippen LogP contribution is 2.16. The predicted molar refractivity (Wildman–Crippen MR) is 71.9 cm³/mol. The molecule has 98 valence electrons. The van der Waals surface area contributed by atoms with Gasteiger partial charge in [0.05, 0.1) is 5.69 Å². The zero-order valence-corrected chi connectivity index (χ0v) is 11.8. The van der Waals surface area contributed by atoms with Crippen LogP contribution in [0, 0.1) is 11.7 Å². The minimum absolute atomic E-state index is 0.0355. The predicted octanol–water partition coefficient (Wildman–Crippen LogP) is 1.22. The number of hydrogen-bond acceptors (Lipinski definition) is 3. The molecule has 1 amide bonds. The molecule has 1 N–H and O–H groups in total. The summed E-state index contributed by atoms with van der Waals surface area (Å²) in [6, 6.07) is 0. The molecule has 0 unspecified atom stereocenters. The van der Waals surface area contributed by atoms with Crippen molar-refractivity contribution in [3.05, 3.63) is 10.5 Å². The number of likely N-dealkylation sites (N-methyl/N-ethyl adjacent to an activating group) is 1. The van der Waals surface area contributed by atoms with E-state index in [0.717, 1.165) is 16.9 Å². The molecule has 2 rings (SSSR count). The molecule has 0 fully saturated rings. The molecule has 0 aliphatic rings. The zero-order valence-electron chi connectivity index (χ0n) is 11.0. The maximum Gasteiger partial charge on any atom is 0.242 e. The summed E-state index contributed by atoms with van der Waals surface area (Å²) in [7, 11) is 3.63. The molecular weight excluding hydrogens is 250 g/mol. The molecule has 7 heteroatoms. The number of aromatic amines is 1. The molecule has 0 bridgehead atoms. The number of fused-ring (bicyclic) bond motifs is 1. The van der Waals surface area contributed by atoms with Crippen LogP contribution in [-0.4, -0.2) is 43.7 Å². The van der Waals surface area contributed by atoms with Crippen molar-refractivity contribution in [3.63, 3.8) is 0 Å². The third kappa shape index (κ3) is 1.94. The summed E-state index contributed by atoms with van der Waals surface area (Å²) >= 11 is 5.26. The molecule has 18 heavy (non-hydrogen) atoms. The lowest BCUT2D eigenvalue weighted by Gasteiger charge is -2.14. The monoisotopic (exact) mass is 267 g/mol. The summed E-state index contributed by atoms with van der Waals surface area (Å²) in [6.45, 7) is 4.78. The van der Waals surface area contributed by atoms with Gasteiger partial charge in [0.15, 0.2) is 10.4 Å². The van der Waals surface area contributed by atoms with Crippen molar-refractivity contribution in [2.24, 2.45) is 7.05 Å². The number of nitrogens with one attached hydrogen (secondary N) is 1. The van der Waals surface area contributed by atoms with Gasteiger partial charge >= 0.3 is 0 Å². The first-order chi connectivity index (χ1) is 8.45. The summed E-state index contributed by atoms with van der Waals surface area (Å²) in [5.41, 5.74) is 2.64. The van der Waals surface area contributed by atoms with Crippen LogP contribution in [0.5, 0.6) is 0 Å². The lowest BCUT2D eigenvalue weighted by Crippen LogP contribution is -2.30. The second kappa shape index (κ2) is 4.56. The van der Waals surface area contributed by atoms with Gasteiger partial charge in [0, 0.05) is 20.6 Å². The van der Waals surface area contributed by atoms with E-state index in [1.807, 2.05) is 20.9 Å². The lowest BCUT2D eigenvalue weighted by atomic mass is 10.4. The quantitative estimate of drug-likeness (QED) is 0.851. The molecule has 0 saturated carbocycles. The number of aryl methyl sites for hydroxylation is 2. The Morgan fingerprint density at radius 1 is 1.56 bits per heavy atom. The van der Waals surface area contributed by atoms with E-state index in [4.69, 9.17) is 12.2 Å². The Morgan fingerprint density at radius 2 is 2.22 bits per heavy atom. The maximum absolute atomic E-state index is 12.0. The van der Waals surface area contributed by atoms with Crippen LogP contribution in [0.4, 0.5) is 0 Å². The fourth-order valence-corrected chi connectivity index (χ4v) is 2.20. The highest BCUT2D eigenvalue weighted by Gasteiger charge is 2.16. The van der Waals surface area contributed by atoms with Gasteiger partial charge in [0.2, 0.25) is 5.91 Å². The standard InChI is InChI=1S/C11H17N5OS/c1-5-14(3)8(17)6-16-10-9(12-11(16)18)7(2)13-15(10)4/h5-6H2,1-4H3,(H,12,18). The van der Waals surface area contributed by atoms with Crippen molar-refractivity contribution in [1.29, 1.82) is 0 Å². The number of carbonyl (C=O) groups is 1. The van der Waals surface area contributed by atoms with Crippen molar-refractivity contribution >= 4 is 29.3 Å². The average Bonchev–Trinajstić information content (AvgIpc) is 2.78. The highest BCUT2D eigenvalue weighted by atomic mass is 32.1. The first kappa shape index (κ1) is 12.8. The number of rotatable bonds is 3. The fraction of sp³-hybridized carbons (Fsp3) is 0.545. The minimum atomic E-state index is 0.0355. The van der Waals surface area contributed by atoms with E-state index in [9.17, 15) is 4.79 Å². The summed E-state index contributed by atoms with van der Waals surface area (Å²) in [6.07, 6.45) is 0. The molecule has 2 aromatic rings. The molecule has 2 heterocycles. The van der Waals surface area contributed by atoms with Gasteiger partial charge in [-0.2, -0.15) is 5.10 Å². The first-order valence-corrected chi connectivity index (χ1v) is 6.22. The van der Waals surface area contributed by atoms with Gasteiger partial charge in [-0.25, -0.2) is 0 Å². The van der Waals surface area contributed by atoms with Crippen molar-refractivity contribution in [3.8, 4) is 0 Å². The third-order valence-corrected chi connectivity index (χ3v) is 3.44. The Hall–Kier alpha value is -1.63. The molecular formula is C11H17N5OS. The van der Waals surface area contributed by atoms with Crippen LogP contribution in [0.2, 0.25) is 0 Å². The molecule has 6 nitrogen and oxygen atoms in total. The fourth-order valence-electron chi connectivity index (χ4n) is 1.95. The van der Waals surface area contributed by atoms with E-state index in [0.29, 0.717) is 11.3 Å². The smallest absolute Gasteiger partial charge is 0.242 e. The molecule has 0 spiro atoms. The van der Waals surface area contributed by atoms with Gasteiger partial charge in [-0.15, -0.1) is 0 Å². The molecule has 2 aromatic heterocycles. The summed E-state index contributed by atoms with van der Waals surface area (Å²) in [5, 5.41) is 4.32. The van der Waals surface area contributed by atoms with E-state index in [2.05, 4.69) is 10.1 Å². The van der Waals surface area contributed by atoms with Gasteiger partial charge in [0.1, 0.15) is 12.1 Å². The van der Waals surface area contributed by atoms with Crippen molar-refractivity contribution < 1.29 is 4.79 Å². The van der Waals surface area contributed by atoms with E-state index in [1.165, 1.54) is 0 Å². The van der Waals surface area contributed by atoms with Crippen LogP contribution in [0.3, 0.4) is 0 Å². The molecule has 0 saturated heterocycles. The Kier molecular flexibility index (Phi) is 3.25. The number of carbonyl (C=O) groups excluding carboxylic acids is 1. The van der Waals surface area contributed by atoms with E-state index in [1.54, 1.807) is 21.2 Å². The van der Waals surface area contributed by atoms with Crippen LogP contribution >= 0.6 is 12.2 Å². The van der Waals surface area contributed by atoms with E-state index >= 15 is 0 Å². The van der Waals surface area contributed by atoms with Crippen LogP contribution in [0.25, 0.3) is 11.2 Å². The van der Waals surface area contributed by atoms with Crippen molar-refractivity contribution in [2.45, 2.75) is 20.4 Å². The number of nitrogens with zero attached hydrogens (tertiary/aromatic N) is 4. The van der Waals surface area contributed by atoms with E-state index in [-0.39, 0.29) is 12.5 Å². The number of H-pyrrole nitrogens is 1. The lowest BCUT2D eigenvalue weighted by molar-refractivity contribution is -0.130. The Balaban J connectivity index is 2.48. The third-order valence-electron chi connectivity index (χ3n) is 3.12. The summed E-state index contributed by atoms with van der Waals surface area (Å²) in [4.78, 5) is 16.7. The van der Waals surface area contributed by atoms with Crippen molar-refractivity contribution in [1.82, 2.24) is 24.2 Å². The van der Waals surface area contributed by atoms with Crippen LogP contribution < -0.4 is 0 Å². The first-order valence-electron chi connectivity index (χ1n) is 5.81. The minimum Gasteiger partial charge on any atom is -0.344 e. The Labute approximate surface area is 110 Å². The van der Waals surface area contributed by atoms with Gasteiger partial charge in [-0.1, -0.05) is 0 Å². The normalized spacial score (nSPS) is 11.1. The van der Waals surface area contributed by atoms with Crippen LogP contribution in [0.1, 0.15) is 12.6 Å².